The molecule has 14 heavy (non-hydrogen) atoms. The van der Waals surface area contributed by atoms with E-state index in [4.69, 9.17) is 0 Å². The van der Waals surface area contributed by atoms with E-state index in [9.17, 15) is 9.18 Å². The van der Waals surface area contributed by atoms with Gasteiger partial charge in [0.25, 0.3) is 0 Å². The number of nitrogens with zero attached hydrogens (tertiary/aromatic N) is 1. The molecular weight excluding hydrogens is 201 g/mol. The minimum atomic E-state index is -0.379. The molecule has 1 atom stereocenters. The van der Waals surface area contributed by atoms with Gasteiger partial charge in [0.1, 0.15) is 6.67 Å². The van der Waals surface area contributed by atoms with Crippen molar-refractivity contribution in [3.63, 3.8) is 0 Å². The Labute approximate surface area is 88.2 Å². The summed E-state index contributed by atoms with van der Waals surface area (Å²) in [5.74, 6) is 0.185. The molecule has 2 fully saturated rings. The van der Waals surface area contributed by atoms with Crippen LogP contribution in [0.25, 0.3) is 0 Å². The Morgan fingerprint density at radius 2 is 2.36 bits per heavy atom. The minimum Gasteiger partial charge on any atom is -0.336 e. The molecular formula is C10H16FNOS. The van der Waals surface area contributed by atoms with E-state index in [1.165, 1.54) is 0 Å². The van der Waals surface area contributed by atoms with Crippen molar-refractivity contribution < 1.29 is 9.18 Å². The Balaban J connectivity index is 2.04. The van der Waals surface area contributed by atoms with E-state index >= 15 is 0 Å². The molecule has 1 amide bonds. The number of carbonyl (C=O) groups excluding carboxylic acids is 1. The van der Waals surface area contributed by atoms with Crippen LogP contribution in [0.3, 0.4) is 0 Å². The van der Waals surface area contributed by atoms with E-state index in [1.54, 1.807) is 16.7 Å². The lowest BCUT2D eigenvalue weighted by molar-refractivity contribution is -0.132. The number of amides is 1. The van der Waals surface area contributed by atoms with E-state index in [0.29, 0.717) is 0 Å². The number of rotatable bonds is 3. The van der Waals surface area contributed by atoms with Gasteiger partial charge in [-0.05, 0) is 31.9 Å². The summed E-state index contributed by atoms with van der Waals surface area (Å²) in [4.78, 5) is 13.8. The number of alkyl halides is 1. The Morgan fingerprint density at radius 3 is 2.86 bits per heavy atom. The van der Waals surface area contributed by atoms with Crippen molar-refractivity contribution in [3.05, 3.63) is 0 Å². The van der Waals surface area contributed by atoms with Gasteiger partial charge in [-0.3, -0.25) is 4.79 Å². The second kappa shape index (κ2) is 3.72. The summed E-state index contributed by atoms with van der Waals surface area (Å²) >= 11 is 1.63. The molecule has 4 heteroatoms. The molecule has 0 spiro atoms. The van der Waals surface area contributed by atoms with E-state index < -0.39 is 0 Å². The summed E-state index contributed by atoms with van der Waals surface area (Å²) < 4.78 is 12.5. The summed E-state index contributed by atoms with van der Waals surface area (Å²) in [5, 5.41) is 0. The van der Waals surface area contributed by atoms with Crippen molar-refractivity contribution in [3.8, 4) is 0 Å². The molecule has 1 heterocycles. The summed E-state index contributed by atoms with van der Waals surface area (Å²) in [5.41, 5.74) is 0. The van der Waals surface area contributed by atoms with Gasteiger partial charge in [0.05, 0.1) is 10.8 Å². The van der Waals surface area contributed by atoms with Gasteiger partial charge in [-0.15, -0.1) is 11.8 Å². The fourth-order valence-electron chi connectivity index (χ4n) is 2.14. The van der Waals surface area contributed by atoms with Crippen LogP contribution in [0.5, 0.6) is 0 Å². The maximum Gasteiger partial charge on any atom is 0.239 e. The van der Waals surface area contributed by atoms with Gasteiger partial charge in [-0.2, -0.15) is 0 Å². The maximum atomic E-state index is 12.6. The highest BCUT2D eigenvalue weighted by molar-refractivity contribution is 8.01. The Hall–Kier alpha value is -0.250. The second-order valence-corrected chi connectivity index (χ2v) is 5.34. The van der Waals surface area contributed by atoms with Crippen LogP contribution >= 0.6 is 11.8 Å². The predicted molar refractivity (Wildman–Crippen MR) is 56.2 cm³/mol. The van der Waals surface area contributed by atoms with Crippen molar-refractivity contribution >= 4 is 17.7 Å². The standard InChI is InChI=1S/C10H16FNOS/c1-14-10(4-5-10)9(13)12-6-2-3-8(12)7-11/h8H,2-7H2,1H3. The summed E-state index contributed by atoms with van der Waals surface area (Å²) in [6.45, 7) is 0.381. The van der Waals surface area contributed by atoms with Gasteiger partial charge in [0, 0.05) is 6.54 Å². The molecule has 2 aliphatic rings. The fourth-order valence-corrected chi connectivity index (χ4v) is 2.95. The first kappa shape index (κ1) is 10.3. The number of halogens is 1. The van der Waals surface area contributed by atoms with Gasteiger partial charge in [0.15, 0.2) is 0 Å². The quantitative estimate of drug-likeness (QED) is 0.719. The van der Waals surface area contributed by atoms with Gasteiger partial charge in [0.2, 0.25) is 5.91 Å². The largest absolute Gasteiger partial charge is 0.336 e. The van der Waals surface area contributed by atoms with E-state index in [0.717, 1.165) is 32.2 Å². The molecule has 1 aliphatic heterocycles. The number of thioether (sulfide) groups is 1. The highest BCUT2D eigenvalue weighted by Crippen LogP contribution is 2.49. The monoisotopic (exact) mass is 217 g/mol. The van der Waals surface area contributed by atoms with Gasteiger partial charge < -0.3 is 4.90 Å². The first-order chi connectivity index (χ1) is 6.73. The molecule has 0 aromatic rings. The van der Waals surface area contributed by atoms with Crippen LogP contribution in [-0.4, -0.2) is 41.1 Å². The predicted octanol–water partition coefficient (Wildman–Crippen LogP) is 1.84. The number of likely N-dealkylation sites (tertiary alicyclic amines) is 1. The summed E-state index contributed by atoms with van der Waals surface area (Å²) in [7, 11) is 0. The van der Waals surface area contributed by atoms with Crippen LogP contribution in [-0.2, 0) is 4.79 Å². The zero-order valence-corrected chi connectivity index (χ0v) is 9.28. The smallest absolute Gasteiger partial charge is 0.239 e. The maximum absolute atomic E-state index is 12.6. The third-order valence-corrected chi connectivity index (χ3v) is 4.67. The SMILES string of the molecule is CSC1(C(=O)N2CCCC2CF)CC1. The van der Waals surface area contributed by atoms with Crippen LogP contribution in [0.4, 0.5) is 4.39 Å². The molecule has 80 valence electrons. The third kappa shape index (κ3) is 1.53. The van der Waals surface area contributed by atoms with E-state index in [-0.39, 0.29) is 23.4 Å². The van der Waals surface area contributed by atoms with Crippen LogP contribution in [0.15, 0.2) is 0 Å². The normalized spacial score (nSPS) is 29.3. The van der Waals surface area contributed by atoms with Crippen molar-refractivity contribution in [1.29, 1.82) is 0 Å². The molecule has 0 N–H and O–H groups in total. The first-order valence-corrected chi connectivity index (χ1v) is 6.38. The third-order valence-electron chi connectivity index (χ3n) is 3.30. The molecule has 0 aromatic heterocycles. The number of carbonyl (C=O) groups is 1. The molecule has 0 aromatic carbocycles. The molecule has 0 bridgehead atoms. The zero-order chi connectivity index (χ0) is 10.2. The van der Waals surface area contributed by atoms with Crippen LogP contribution in [0, 0.1) is 0 Å². The highest BCUT2D eigenvalue weighted by Gasteiger charge is 2.52. The van der Waals surface area contributed by atoms with E-state index in [2.05, 4.69) is 0 Å². The second-order valence-electron chi connectivity index (χ2n) is 4.15. The first-order valence-electron chi connectivity index (χ1n) is 5.16. The van der Waals surface area contributed by atoms with Crippen LogP contribution in [0.2, 0.25) is 0 Å². The van der Waals surface area contributed by atoms with E-state index in [1.807, 2.05) is 6.26 Å². The van der Waals surface area contributed by atoms with Crippen LogP contribution < -0.4 is 0 Å². The Morgan fingerprint density at radius 1 is 1.64 bits per heavy atom. The topological polar surface area (TPSA) is 20.3 Å². The molecule has 2 rings (SSSR count). The lowest BCUT2D eigenvalue weighted by Crippen LogP contribution is -2.42. The van der Waals surface area contributed by atoms with Gasteiger partial charge >= 0.3 is 0 Å². The molecule has 1 aliphatic carbocycles. The van der Waals surface area contributed by atoms with Crippen molar-refractivity contribution in [2.24, 2.45) is 0 Å². The Bertz CT molecular complexity index is 242. The Kier molecular flexibility index (Phi) is 2.73. The van der Waals surface area contributed by atoms with Gasteiger partial charge in [-0.25, -0.2) is 4.39 Å². The highest BCUT2D eigenvalue weighted by atomic mass is 32.2. The molecule has 1 saturated heterocycles. The fraction of sp³-hybridized carbons (Fsp3) is 0.900. The average Bonchev–Trinajstić information content (AvgIpc) is 2.87. The molecule has 1 unspecified atom stereocenters. The molecule has 1 saturated carbocycles. The molecule has 2 nitrogen and oxygen atoms in total. The molecule has 0 radical (unpaired) electrons. The van der Waals surface area contributed by atoms with Crippen molar-refractivity contribution in [2.45, 2.75) is 36.5 Å². The van der Waals surface area contributed by atoms with Crippen LogP contribution in [0.1, 0.15) is 25.7 Å². The number of hydrogen-bond donors (Lipinski definition) is 0. The zero-order valence-electron chi connectivity index (χ0n) is 8.46. The lowest BCUT2D eigenvalue weighted by atomic mass is 10.2. The lowest BCUT2D eigenvalue weighted by Gasteiger charge is -2.26. The summed E-state index contributed by atoms with van der Waals surface area (Å²) in [6.07, 6.45) is 5.73. The van der Waals surface area contributed by atoms with Crippen molar-refractivity contribution in [2.75, 3.05) is 19.5 Å². The summed E-state index contributed by atoms with van der Waals surface area (Å²) in [6, 6.07) is -0.132. The van der Waals surface area contributed by atoms with Crippen molar-refractivity contribution in [1.82, 2.24) is 4.90 Å². The number of hydrogen-bond acceptors (Lipinski definition) is 2. The van der Waals surface area contributed by atoms with Gasteiger partial charge in [-0.1, -0.05) is 0 Å². The minimum absolute atomic E-state index is 0.132. The average molecular weight is 217 g/mol.